The van der Waals surface area contributed by atoms with Gasteiger partial charge in [-0.2, -0.15) is 0 Å². The minimum Gasteiger partial charge on any atom is -0.507 e. The monoisotopic (exact) mass is 511 g/mol. The molecule has 1 heterocycles. The van der Waals surface area contributed by atoms with Crippen LogP contribution >= 0.6 is 0 Å². The zero-order valence-electron chi connectivity index (χ0n) is 21.0. The lowest BCUT2D eigenvalue weighted by atomic mass is 9.94. The predicted molar refractivity (Wildman–Crippen MR) is 152 cm³/mol. The van der Waals surface area contributed by atoms with Gasteiger partial charge in [-0.1, -0.05) is 97.1 Å². The molecule has 0 radical (unpaired) electrons. The first-order valence-electron chi connectivity index (χ1n) is 12.7. The molecule has 1 amide bonds. The predicted octanol–water partition coefficient (Wildman–Crippen LogP) is 7.05. The Morgan fingerprint density at radius 2 is 1.41 bits per heavy atom. The van der Waals surface area contributed by atoms with Crippen molar-refractivity contribution in [3.8, 4) is 5.75 Å². The van der Waals surface area contributed by atoms with Crippen LogP contribution in [0.3, 0.4) is 0 Å². The molecule has 5 aromatic rings. The summed E-state index contributed by atoms with van der Waals surface area (Å²) in [5.74, 6) is -1.03. The van der Waals surface area contributed by atoms with Crippen molar-refractivity contribution < 1.29 is 19.4 Å². The number of aliphatic hydroxyl groups excluding tert-OH is 1. The van der Waals surface area contributed by atoms with Gasteiger partial charge in [0.15, 0.2) is 0 Å². The molecule has 190 valence electrons. The first-order chi connectivity index (χ1) is 19.1. The summed E-state index contributed by atoms with van der Waals surface area (Å²) in [6.45, 7) is 0.375. The molecule has 6 rings (SSSR count). The Bertz CT molecular complexity index is 1710. The Balaban J connectivity index is 1.46. The van der Waals surface area contributed by atoms with E-state index in [9.17, 15) is 14.7 Å². The topological polar surface area (TPSA) is 66.8 Å². The Morgan fingerprint density at radius 3 is 2.18 bits per heavy atom. The van der Waals surface area contributed by atoms with Crippen LogP contribution in [0.1, 0.15) is 22.7 Å². The number of aliphatic hydroxyl groups is 1. The number of hydrogen-bond donors (Lipinski definition) is 1. The third kappa shape index (κ3) is 4.66. The highest BCUT2D eigenvalue weighted by Crippen LogP contribution is 2.43. The van der Waals surface area contributed by atoms with E-state index in [1.165, 1.54) is 4.90 Å². The van der Waals surface area contributed by atoms with Crippen molar-refractivity contribution in [3.63, 3.8) is 0 Å². The standard InChI is InChI=1S/C34H25NO4/c36-32(27-19-18-24-12-7-8-13-25(24)20-27)30-31(35(34(38)33(30)37)28-15-5-2-6-16-28)26-14-9-17-29(21-26)39-22-23-10-3-1-4-11-23/h1-21,31,36H,22H2/b32-30-. The second-order valence-corrected chi connectivity index (χ2v) is 9.41. The summed E-state index contributed by atoms with van der Waals surface area (Å²) >= 11 is 0. The summed E-state index contributed by atoms with van der Waals surface area (Å²) in [6.07, 6.45) is 0. The lowest BCUT2D eigenvalue weighted by molar-refractivity contribution is -0.132. The molecule has 5 aromatic carbocycles. The molecular formula is C34H25NO4. The summed E-state index contributed by atoms with van der Waals surface area (Å²) in [5, 5.41) is 13.5. The van der Waals surface area contributed by atoms with Gasteiger partial charge in [-0.05, 0) is 52.2 Å². The Hall–Kier alpha value is -5.16. The average molecular weight is 512 g/mol. The summed E-state index contributed by atoms with van der Waals surface area (Å²) in [7, 11) is 0. The van der Waals surface area contributed by atoms with Gasteiger partial charge in [-0.3, -0.25) is 14.5 Å². The van der Waals surface area contributed by atoms with E-state index in [0.717, 1.165) is 16.3 Å². The Labute approximate surface area is 226 Å². The number of amides is 1. The molecule has 0 saturated carbocycles. The number of fused-ring (bicyclic) bond motifs is 1. The molecule has 0 spiro atoms. The smallest absolute Gasteiger partial charge is 0.300 e. The van der Waals surface area contributed by atoms with Crippen LogP contribution < -0.4 is 9.64 Å². The van der Waals surface area contributed by atoms with Crippen LogP contribution in [-0.4, -0.2) is 16.8 Å². The highest BCUT2D eigenvalue weighted by molar-refractivity contribution is 6.51. The molecular weight excluding hydrogens is 486 g/mol. The number of ether oxygens (including phenoxy) is 1. The number of para-hydroxylation sites is 1. The number of carbonyl (C=O) groups is 2. The van der Waals surface area contributed by atoms with E-state index in [1.807, 2.05) is 109 Å². The highest BCUT2D eigenvalue weighted by Gasteiger charge is 2.47. The highest BCUT2D eigenvalue weighted by atomic mass is 16.5. The van der Waals surface area contributed by atoms with Crippen molar-refractivity contribution in [3.05, 3.63) is 150 Å². The fraction of sp³-hybridized carbons (Fsp3) is 0.0588. The van der Waals surface area contributed by atoms with Crippen molar-refractivity contribution in [2.45, 2.75) is 12.6 Å². The third-order valence-electron chi connectivity index (χ3n) is 6.92. The summed E-state index contributed by atoms with van der Waals surface area (Å²) in [4.78, 5) is 28.4. The molecule has 5 heteroatoms. The minimum atomic E-state index is -0.834. The third-order valence-corrected chi connectivity index (χ3v) is 6.92. The van der Waals surface area contributed by atoms with Crippen LogP contribution in [0.2, 0.25) is 0 Å². The number of hydrogen-bond acceptors (Lipinski definition) is 4. The summed E-state index contributed by atoms with van der Waals surface area (Å²) in [5.41, 5.74) is 2.76. The molecule has 1 unspecified atom stereocenters. The number of nitrogens with zero attached hydrogens (tertiary/aromatic N) is 1. The minimum absolute atomic E-state index is 0.0411. The molecule has 1 N–H and O–H groups in total. The summed E-state index contributed by atoms with van der Waals surface area (Å²) in [6, 6.07) is 38.6. The molecule has 0 bridgehead atoms. The summed E-state index contributed by atoms with van der Waals surface area (Å²) < 4.78 is 6.05. The van der Waals surface area contributed by atoms with E-state index in [-0.39, 0.29) is 11.3 Å². The van der Waals surface area contributed by atoms with E-state index >= 15 is 0 Å². The molecule has 0 aliphatic carbocycles. The lowest BCUT2D eigenvalue weighted by Crippen LogP contribution is -2.29. The van der Waals surface area contributed by atoms with E-state index in [2.05, 4.69) is 0 Å². The van der Waals surface area contributed by atoms with Gasteiger partial charge < -0.3 is 9.84 Å². The normalized spacial score (nSPS) is 16.5. The fourth-order valence-electron chi connectivity index (χ4n) is 5.01. The van der Waals surface area contributed by atoms with E-state index in [4.69, 9.17) is 4.74 Å². The second kappa shape index (κ2) is 10.3. The van der Waals surface area contributed by atoms with Crippen LogP contribution in [0.15, 0.2) is 133 Å². The van der Waals surface area contributed by atoms with Gasteiger partial charge in [0.25, 0.3) is 11.7 Å². The number of Topliss-reactive ketones (excluding diaryl/α,β-unsaturated/α-hetero) is 1. The van der Waals surface area contributed by atoms with Gasteiger partial charge in [0, 0.05) is 11.3 Å². The molecule has 1 saturated heterocycles. The quantitative estimate of drug-likeness (QED) is 0.151. The van der Waals surface area contributed by atoms with Gasteiger partial charge in [-0.15, -0.1) is 0 Å². The van der Waals surface area contributed by atoms with Crippen molar-refractivity contribution >= 4 is 33.9 Å². The largest absolute Gasteiger partial charge is 0.507 e. The number of carbonyl (C=O) groups excluding carboxylic acids is 2. The zero-order chi connectivity index (χ0) is 26.8. The zero-order valence-corrected chi connectivity index (χ0v) is 21.0. The Morgan fingerprint density at radius 1 is 0.718 bits per heavy atom. The van der Waals surface area contributed by atoms with E-state index in [1.54, 1.807) is 18.2 Å². The molecule has 1 aliphatic heterocycles. The van der Waals surface area contributed by atoms with Crippen LogP contribution in [0.25, 0.3) is 16.5 Å². The average Bonchev–Trinajstić information content (AvgIpc) is 3.26. The van der Waals surface area contributed by atoms with Gasteiger partial charge in [0.1, 0.15) is 18.1 Å². The fourth-order valence-corrected chi connectivity index (χ4v) is 5.01. The molecule has 5 nitrogen and oxygen atoms in total. The van der Waals surface area contributed by atoms with Gasteiger partial charge >= 0.3 is 0 Å². The van der Waals surface area contributed by atoms with E-state index < -0.39 is 17.7 Å². The van der Waals surface area contributed by atoms with Gasteiger partial charge in [0.05, 0.1) is 11.6 Å². The van der Waals surface area contributed by atoms with Crippen LogP contribution in [0.4, 0.5) is 5.69 Å². The van der Waals surface area contributed by atoms with Crippen molar-refractivity contribution in [2.75, 3.05) is 4.90 Å². The number of anilines is 1. The number of benzene rings is 5. The molecule has 0 aromatic heterocycles. The maximum atomic E-state index is 13.5. The first kappa shape index (κ1) is 24.2. The molecule has 1 atom stereocenters. The number of rotatable bonds is 6. The molecule has 1 fully saturated rings. The van der Waals surface area contributed by atoms with Gasteiger partial charge in [-0.25, -0.2) is 0 Å². The molecule has 39 heavy (non-hydrogen) atoms. The lowest BCUT2D eigenvalue weighted by Gasteiger charge is -2.25. The maximum Gasteiger partial charge on any atom is 0.300 e. The number of ketones is 1. The van der Waals surface area contributed by atoms with Crippen LogP contribution in [0, 0.1) is 0 Å². The van der Waals surface area contributed by atoms with Crippen molar-refractivity contribution in [1.29, 1.82) is 0 Å². The maximum absolute atomic E-state index is 13.5. The van der Waals surface area contributed by atoms with Crippen LogP contribution in [0.5, 0.6) is 5.75 Å². The van der Waals surface area contributed by atoms with Crippen molar-refractivity contribution in [1.82, 2.24) is 0 Å². The van der Waals surface area contributed by atoms with E-state index in [0.29, 0.717) is 29.2 Å². The van der Waals surface area contributed by atoms with Crippen LogP contribution in [-0.2, 0) is 16.2 Å². The Kier molecular flexibility index (Phi) is 6.39. The molecule has 1 aliphatic rings. The van der Waals surface area contributed by atoms with Crippen molar-refractivity contribution in [2.24, 2.45) is 0 Å². The SMILES string of the molecule is O=C1C(=O)N(c2ccccc2)C(c2cccc(OCc3ccccc3)c2)/C1=C(/O)c1ccc2ccccc2c1. The first-order valence-corrected chi connectivity index (χ1v) is 12.7. The van der Waals surface area contributed by atoms with Gasteiger partial charge in [0.2, 0.25) is 0 Å². The second-order valence-electron chi connectivity index (χ2n) is 9.41.